The number of amidine groups is 1. The van der Waals surface area contributed by atoms with Crippen LogP contribution in [0.25, 0.3) is 0 Å². The van der Waals surface area contributed by atoms with E-state index in [0.29, 0.717) is 5.84 Å². The predicted molar refractivity (Wildman–Crippen MR) is 34.0 cm³/mol. The van der Waals surface area contributed by atoms with Crippen LogP contribution in [0.15, 0.2) is 9.98 Å². The van der Waals surface area contributed by atoms with Gasteiger partial charge in [-0.3, -0.25) is 0 Å². The van der Waals surface area contributed by atoms with E-state index >= 15 is 0 Å². The smallest absolute Gasteiger partial charge is 0.207 e. The second-order valence-corrected chi connectivity index (χ2v) is 2.01. The molecule has 0 radical (unpaired) electrons. The third-order valence-electron chi connectivity index (χ3n) is 0.668. The van der Waals surface area contributed by atoms with Gasteiger partial charge < -0.3 is 0 Å². The maximum absolute atomic E-state index is 8.01. The maximum Gasteiger partial charge on any atom is 0.207 e. The Morgan fingerprint density at radius 3 is 3.38 bits per heavy atom. The number of aliphatic imine (C=N–C) groups is 2. The first-order chi connectivity index (χ1) is 3.93. The molecule has 0 bridgehead atoms. The number of thioether (sulfide) groups is 1. The van der Waals surface area contributed by atoms with E-state index in [1.807, 2.05) is 0 Å². The molecule has 1 aliphatic rings. The Labute approximate surface area is 51.1 Å². The van der Waals surface area contributed by atoms with Crippen molar-refractivity contribution in [3.8, 4) is 6.19 Å². The molecule has 40 valence electrons. The Morgan fingerprint density at radius 1 is 2.00 bits per heavy atom. The van der Waals surface area contributed by atoms with Crippen LogP contribution in [0.1, 0.15) is 0 Å². The van der Waals surface area contributed by atoms with Crippen molar-refractivity contribution in [1.29, 1.82) is 5.26 Å². The fraction of sp³-hybridized carbons (Fsp3) is 0.250. The molecule has 0 amide bonds. The molecule has 1 heterocycles. The van der Waals surface area contributed by atoms with Gasteiger partial charge in [-0.25, -0.2) is 4.99 Å². The van der Waals surface area contributed by atoms with Crippen molar-refractivity contribution >= 4 is 23.1 Å². The average Bonchev–Trinajstić information content (AvgIpc) is 2.19. The summed E-state index contributed by atoms with van der Waals surface area (Å²) in [7, 11) is 0. The van der Waals surface area contributed by atoms with Crippen molar-refractivity contribution in [3.63, 3.8) is 0 Å². The lowest BCUT2D eigenvalue weighted by Crippen LogP contribution is -1.88. The SMILES string of the molecule is N#CN=C1CSC=N1. The number of hydrogen-bond donors (Lipinski definition) is 0. The van der Waals surface area contributed by atoms with Gasteiger partial charge in [-0.2, -0.15) is 10.3 Å². The Hall–Kier alpha value is -0.820. The summed E-state index contributed by atoms with van der Waals surface area (Å²) in [5.74, 6) is 1.37. The number of hydrogen-bond acceptors (Lipinski definition) is 3. The van der Waals surface area contributed by atoms with Gasteiger partial charge in [0.15, 0.2) is 5.84 Å². The van der Waals surface area contributed by atoms with Gasteiger partial charge in [-0.05, 0) is 0 Å². The summed E-state index contributed by atoms with van der Waals surface area (Å²) in [5, 5.41) is 8.01. The van der Waals surface area contributed by atoms with E-state index in [1.54, 1.807) is 23.5 Å². The fourth-order valence-electron chi connectivity index (χ4n) is 0.366. The molecule has 0 unspecified atom stereocenters. The van der Waals surface area contributed by atoms with Crippen LogP contribution in [0.2, 0.25) is 0 Å². The number of rotatable bonds is 0. The Balaban J connectivity index is 2.63. The van der Waals surface area contributed by atoms with Gasteiger partial charge in [0, 0.05) is 0 Å². The molecule has 0 aromatic rings. The van der Waals surface area contributed by atoms with E-state index in [2.05, 4.69) is 9.98 Å². The van der Waals surface area contributed by atoms with Crippen molar-refractivity contribution in [3.05, 3.63) is 0 Å². The summed E-state index contributed by atoms with van der Waals surface area (Å²) in [6, 6.07) is 0. The summed E-state index contributed by atoms with van der Waals surface area (Å²) in [6.07, 6.45) is 1.67. The monoisotopic (exact) mass is 125 g/mol. The molecule has 0 N–H and O–H groups in total. The fourth-order valence-corrected chi connectivity index (χ4v) is 0.925. The highest BCUT2D eigenvalue weighted by Gasteiger charge is 2.00. The van der Waals surface area contributed by atoms with Crippen LogP contribution in [0.4, 0.5) is 0 Å². The van der Waals surface area contributed by atoms with E-state index < -0.39 is 0 Å². The third-order valence-corrected chi connectivity index (χ3v) is 1.35. The Bertz CT molecular complexity index is 176. The van der Waals surface area contributed by atoms with Gasteiger partial charge >= 0.3 is 0 Å². The third kappa shape index (κ3) is 1.07. The molecule has 8 heavy (non-hydrogen) atoms. The highest BCUT2D eigenvalue weighted by molar-refractivity contribution is 8.13. The summed E-state index contributed by atoms with van der Waals surface area (Å²) in [4.78, 5) is 7.22. The molecule has 4 heteroatoms. The van der Waals surface area contributed by atoms with Crippen molar-refractivity contribution < 1.29 is 0 Å². The van der Waals surface area contributed by atoms with Crippen molar-refractivity contribution in [1.82, 2.24) is 0 Å². The molecular weight excluding hydrogens is 122 g/mol. The van der Waals surface area contributed by atoms with Crippen molar-refractivity contribution in [2.45, 2.75) is 0 Å². The van der Waals surface area contributed by atoms with E-state index in [1.165, 1.54) is 0 Å². The number of nitrogens with zero attached hydrogens (tertiary/aromatic N) is 3. The van der Waals surface area contributed by atoms with E-state index in [4.69, 9.17) is 5.26 Å². The molecule has 0 atom stereocenters. The Kier molecular flexibility index (Phi) is 1.65. The summed E-state index contributed by atoms with van der Waals surface area (Å²) in [5.41, 5.74) is 1.69. The van der Waals surface area contributed by atoms with Crippen LogP contribution in [0.5, 0.6) is 0 Å². The van der Waals surface area contributed by atoms with E-state index in [9.17, 15) is 0 Å². The Morgan fingerprint density at radius 2 is 2.88 bits per heavy atom. The molecule has 0 aromatic carbocycles. The normalized spacial score (nSPS) is 21.6. The largest absolute Gasteiger partial charge is 0.233 e. The van der Waals surface area contributed by atoms with E-state index in [0.717, 1.165) is 5.75 Å². The zero-order valence-corrected chi connectivity index (χ0v) is 4.85. The predicted octanol–water partition coefficient (Wildman–Crippen LogP) is 0.641. The lowest BCUT2D eigenvalue weighted by molar-refractivity contribution is 1.41. The minimum absolute atomic E-state index is 0.623. The number of nitriles is 1. The topological polar surface area (TPSA) is 48.5 Å². The van der Waals surface area contributed by atoms with Gasteiger partial charge in [0.1, 0.15) is 0 Å². The van der Waals surface area contributed by atoms with Crippen molar-refractivity contribution in [2.75, 3.05) is 5.75 Å². The van der Waals surface area contributed by atoms with E-state index in [-0.39, 0.29) is 0 Å². The molecule has 0 fully saturated rings. The van der Waals surface area contributed by atoms with Gasteiger partial charge in [-0.15, -0.1) is 11.8 Å². The minimum atomic E-state index is 0.623. The highest BCUT2D eigenvalue weighted by atomic mass is 32.2. The van der Waals surface area contributed by atoms with Gasteiger partial charge in [-0.1, -0.05) is 0 Å². The van der Waals surface area contributed by atoms with Crippen LogP contribution < -0.4 is 0 Å². The summed E-state index contributed by atoms with van der Waals surface area (Å²) < 4.78 is 0. The highest BCUT2D eigenvalue weighted by Crippen LogP contribution is 2.04. The van der Waals surface area contributed by atoms with Crippen LogP contribution in [0.3, 0.4) is 0 Å². The zero-order valence-electron chi connectivity index (χ0n) is 4.03. The van der Waals surface area contributed by atoms with Gasteiger partial charge in [0.25, 0.3) is 0 Å². The summed E-state index contributed by atoms with van der Waals surface area (Å²) >= 11 is 1.55. The van der Waals surface area contributed by atoms with Gasteiger partial charge in [0.05, 0.1) is 11.3 Å². The van der Waals surface area contributed by atoms with Crippen LogP contribution in [-0.2, 0) is 0 Å². The molecule has 3 nitrogen and oxygen atoms in total. The molecule has 1 rings (SSSR count). The first-order valence-electron chi connectivity index (χ1n) is 2.03. The zero-order chi connectivity index (χ0) is 5.82. The average molecular weight is 125 g/mol. The van der Waals surface area contributed by atoms with Crippen LogP contribution in [0, 0.1) is 11.5 Å². The van der Waals surface area contributed by atoms with Crippen LogP contribution >= 0.6 is 11.8 Å². The molecular formula is C4H3N3S. The standard InChI is InChI=1S/C4H3N3S/c5-2-6-4-1-8-3-7-4/h3H,1H2. The second-order valence-electron chi connectivity index (χ2n) is 1.17. The molecule has 0 saturated carbocycles. The van der Waals surface area contributed by atoms with Crippen molar-refractivity contribution in [2.24, 2.45) is 9.98 Å². The lowest BCUT2D eigenvalue weighted by atomic mass is 10.7. The molecule has 0 saturated heterocycles. The summed E-state index contributed by atoms with van der Waals surface area (Å²) in [6.45, 7) is 0. The van der Waals surface area contributed by atoms with Crippen LogP contribution in [-0.4, -0.2) is 17.1 Å². The lowest BCUT2D eigenvalue weighted by Gasteiger charge is -1.78. The minimum Gasteiger partial charge on any atom is -0.233 e. The maximum atomic E-state index is 8.01. The molecule has 0 spiro atoms. The molecule has 0 aromatic heterocycles. The van der Waals surface area contributed by atoms with Gasteiger partial charge in [0.2, 0.25) is 6.19 Å². The molecule has 1 aliphatic heterocycles. The first-order valence-corrected chi connectivity index (χ1v) is 3.08. The second kappa shape index (κ2) is 2.48. The quantitative estimate of drug-likeness (QED) is 0.446. The first kappa shape index (κ1) is 5.32. The molecule has 0 aliphatic carbocycles.